The van der Waals surface area contributed by atoms with Gasteiger partial charge in [-0.25, -0.2) is 0 Å². The molecule has 0 spiro atoms. The maximum atomic E-state index is 2.35. The molecule has 0 aliphatic carbocycles. The second-order valence-corrected chi connectivity index (χ2v) is 5.97. The lowest BCUT2D eigenvalue weighted by Crippen LogP contribution is -1.80. The zero-order valence-electron chi connectivity index (χ0n) is 14.7. The predicted octanol–water partition coefficient (Wildman–Crippen LogP) is 7.77. The molecule has 0 aromatic rings. The molecular weight excluding hydrogens is 252 g/mol. The monoisotopic (exact) mass is 290 g/mol. The highest BCUT2D eigenvalue weighted by atomic mass is 14.0. The number of unbranched alkanes of at least 4 members (excludes halogenated alkanes) is 10. The Hall–Kier alpha value is -0.780. The van der Waals surface area contributed by atoms with Gasteiger partial charge in [0.2, 0.25) is 0 Å². The van der Waals surface area contributed by atoms with Crippen LogP contribution >= 0.6 is 0 Å². The quantitative estimate of drug-likeness (QED) is 0.164. The molecule has 0 saturated carbocycles. The van der Waals surface area contributed by atoms with Crippen molar-refractivity contribution in [2.45, 2.75) is 97.3 Å². The fourth-order valence-corrected chi connectivity index (χ4v) is 2.36. The molecule has 0 nitrogen and oxygen atoms in total. The maximum Gasteiger partial charge on any atom is -0.0166 e. The van der Waals surface area contributed by atoms with Gasteiger partial charge in [-0.2, -0.15) is 0 Å². The first-order valence-corrected chi connectivity index (χ1v) is 9.38. The van der Waals surface area contributed by atoms with Crippen LogP contribution in [0, 0.1) is 0 Å². The highest BCUT2D eigenvalue weighted by Gasteiger charge is 1.90. The molecule has 0 aromatic carbocycles. The highest BCUT2D eigenvalue weighted by Crippen LogP contribution is 2.10. The Morgan fingerprint density at radius 3 is 1.76 bits per heavy atom. The zero-order valence-corrected chi connectivity index (χ0v) is 14.7. The highest BCUT2D eigenvalue weighted by molar-refractivity contribution is 5.04. The molecule has 0 atom stereocenters. The van der Waals surface area contributed by atoms with Crippen molar-refractivity contribution in [3.63, 3.8) is 0 Å². The molecule has 0 heteroatoms. The van der Waals surface area contributed by atoms with Gasteiger partial charge in [0.25, 0.3) is 0 Å². The van der Waals surface area contributed by atoms with Gasteiger partial charge in [0.05, 0.1) is 0 Å². The third-order valence-electron chi connectivity index (χ3n) is 3.75. The molecule has 0 heterocycles. The topological polar surface area (TPSA) is 0 Å². The third kappa shape index (κ3) is 19.2. The summed E-state index contributed by atoms with van der Waals surface area (Å²) in [6.07, 6.45) is 31.0. The Morgan fingerprint density at radius 2 is 1.10 bits per heavy atom. The van der Waals surface area contributed by atoms with Crippen molar-refractivity contribution in [1.82, 2.24) is 0 Å². The second kappa shape index (κ2) is 19.2. The SMILES string of the molecule is CCC/C=C/C=C\C/C=C\CCCCCCCCCCC. The lowest BCUT2D eigenvalue weighted by atomic mass is 10.1. The molecule has 0 rings (SSSR count). The van der Waals surface area contributed by atoms with Gasteiger partial charge in [-0.1, -0.05) is 108 Å². The van der Waals surface area contributed by atoms with E-state index in [4.69, 9.17) is 0 Å². The molecule has 0 fully saturated rings. The Labute approximate surface area is 134 Å². The van der Waals surface area contributed by atoms with Gasteiger partial charge in [0.15, 0.2) is 0 Å². The van der Waals surface area contributed by atoms with Crippen molar-refractivity contribution >= 4 is 0 Å². The van der Waals surface area contributed by atoms with E-state index >= 15 is 0 Å². The van der Waals surface area contributed by atoms with Crippen LogP contribution in [0.4, 0.5) is 0 Å². The van der Waals surface area contributed by atoms with Gasteiger partial charge < -0.3 is 0 Å². The summed E-state index contributed by atoms with van der Waals surface area (Å²) >= 11 is 0. The molecule has 0 N–H and O–H groups in total. The van der Waals surface area contributed by atoms with Crippen LogP contribution in [0.1, 0.15) is 97.3 Å². The van der Waals surface area contributed by atoms with Crippen LogP contribution < -0.4 is 0 Å². The molecule has 0 unspecified atom stereocenters. The Kier molecular flexibility index (Phi) is 18.5. The molecule has 21 heavy (non-hydrogen) atoms. The van der Waals surface area contributed by atoms with Crippen LogP contribution in [0.25, 0.3) is 0 Å². The smallest absolute Gasteiger partial charge is 0.0166 e. The van der Waals surface area contributed by atoms with E-state index in [-0.39, 0.29) is 0 Å². The summed E-state index contributed by atoms with van der Waals surface area (Å²) in [6, 6.07) is 0. The van der Waals surface area contributed by atoms with Crippen LogP contribution in [0.3, 0.4) is 0 Å². The molecular formula is C21H38. The predicted molar refractivity (Wildman–Crippen MR) is 98.8 cm³/mol. The molecule has 0 amide bonds. The van der Waals surface area contributed by atoms with E-state index in [1.54, 1.807) is 0 Å². The molecule has 0 bridgehead atoms. The Balaban J connectivity index is 3.18. The molecule has 0 aliphatic heterocycles. The van der Waals surface area contributed by atoms with E-state index in [0.29, 0.717) is 0 Å². The average Bonchev–Trinajstić information content (AvgIpc) is 2.50. The summed E-state index contributed by atoms with van der Waals surface area (Å²) in [4.78, 5) is 0. The number of hydrogen-bond acceptors (Lipinski definition) is 0. The lowest BCUT2D eigenvalue weighted by Gasteiger charge is -2.00. The van der Waals surface area contributed by atoms with Gasteiger partial charge in [-0.15, -0.1) is 0 Å². The van der Waals surface area contributed by atoms with Crippen molar-refractivity contribution < 1.29 is 0 Å². The number of hydrogen-bond donors (Lipinski definition) is 0. The fourth-order valence-electron chi connectivity index (χ4n) is 2.36. The van der Waals surface area contributed by atoms with Crippen LogP contribution in [-0.4, -0.2) is 0 Å². The lowest BCUT2D eigenvalue weighted by molar-refractivity contribution is 0.566. The first-order chi connectivity index (χ1) is 10.4. The minimum Gasteiger partial charge on any atom is -0.0882 e. The van der Waals surface area contributed by atoms with E-state index in [2.05, 4.69) is 50.3 Å². The molecule has 0 radical (unpaired) electrons. The normalized spacial score (nSPS) is 12.3. The van der Waals surface area contributed by atoms with Gasteiger partial charge in [0, 0.05) is 0 Å². The standard InChI is InChI=1S/C21H38/c1-3-5-7-9-11-13-15-17-19-21-20-18-16-14-12-10-8-6-4-2/h7,9,11,13,17,19H,3-6,8,10,12,14-16,18,20-21H2,1-2H3/b9-7+,13-11-,19-17-. The Morgan fingerprint density at radius 1 is 0.476 bits per heavy atom. The zero-order chi connectivity index (χ0) is 15.4. The van der Waals surface area contributed by atoms with E-state index in [1.165, 1.54) is 77.0 Å². The Bertz CT molecular complexity index is 257. The van der Waals surface area contributed by atoms with E-state index in [9.17, 15) is 0 Å². The molecule has 122 valence electrons. The molecule has 0 saturated heterocycles. The summed E-state index contributed by atoms with van der Waals surface area (Å²) in [6.45, 7) is 4.50. The van der Waals surface area contributed by atoms with Crippen LogP contribution in [0.2, 0.25) is 0 Å². The maximum absolute atomic E-state index is 2.35. The summed E-state index contributed by atoms with van der Waals surface area (Å²) in [5.41, 5.74) is 0. The van der Waals surface area contributed by atoms with E-state index in [0.717, 1.165) is 6.42 Å². The van der Waals surface area contributed by atoms with Crippen molar-refractivity contribution in [3.05, 3.63) is 36.5 Å². The van der Waals surface area contributed by atoms with Crippen LogP contribution in [0.5, 0.6) is 0 Å². The van der Waals surface area contributed by atoms with Crippen LogP contribution in [0.15, 0.2) is 36.5 Å². The summed E-state index contributed by atoms with van der Waals surface area (Å²) in [5.74, 6) is 0. The van der Waals surface area contributed by atoms with Crippen molar-refractivity contribution in [2.75, 3.05) is 0 Å². The summed E-state index contributed by atoms with van der Waals surface area (Å²) in [7, 11) is 0. The van der Waals surface area contributed by atoms with Crippen molar-refractivity contribution in [1.29, 1.82) is 0 Å². The van der Waals surface area contributed by atoms with Crippen LogP contribution in [-0.2, 0) is 0 Å². The third-order valence-corrected chi connectivity index (χ3v) is 3.75. The molecule has 0 aliphatic rings. The first-order valence-electron chi connectivity index (χ1n) is 9.38. The molecule has 0 aromatic heterocycles. The average molecular weight is 291 g/mol. The van der Waals surface area contributed by atoms with Gasteiger partial charge >= 0.3 is 0 Å². The van der Waals surface area contributed by atoms with E-state index < -0.39 is 0 Å². The number of rotatable bonds is 15. The van der Waals surface area contributed by atoms with Crippen molar-refractivity contribution in [2.24, 2.45) is 0 Å². The fraction of sp³-hybridized carbons (Fsp3) is 0.714. The largest absolute Gasteiger partial charge is 0.0882 e. The van der Waals surface area contributed by atoms with Gasteiger partial charge in [0.1, 0.15) is 0 Å². The minimum absolute atomic E-state index is 1.08. The minimum atomic E-state index is 1.08. The van der Waals surface area contributed by atoms with E-state index in [1.807, 2.05) is 0 Å². The van der Waals surface area contributed by atoms with Gasteiger partial charge in [-0.05, 0) is 25.7 Å². The summed E-state index contributed by atoms with van der Waals surface area (Å²) < 4.78 is 0. The van der Waals surface area contributed by atoms with Crippen molar-refractivity contribution in [3.8, 4) is 0 Å². The van der Waals surface area contributed by atoms with Gasteiger partial charge in [-0.3, -0.25) is 0 Å². The first kappa shape index (κ1) is 20.2. The second-order valence-electron chi connectivity index (χ2n) is 5.97. The summed E-state index contributed by atoms with van der Waals surface area (Å²) in [5, 5.41) is 0. The number of allylic oxidation sites excluding steroid dienone is 6.